The average Bonchev–Trinajstić information content (AvgIpc) is 2.27. The topological polar surface area (TPSA) is 44.4 Å². The van der Waals surface area contributed by atoms with E-state index in [0.29, 0.717) is 0 Å². The molecule has 0 aliphatic carbocycles. The normalized spacial score (nSPS) is 14.5. The molecule has 16 heavy (non-hydrogen) atoms. The molecular formula is C11H14IN3O. The lowest BCUT2D eigenvalue weighted by molar-refractivity contribution is -0.114. The Morgan fingerprint density at radius 2 is 2.44 bits per heavy atom. The zero-order chi connectivity index (χ0) is 11.5. The van der Waals surface area contributed by atoms with Crippen LogP contribution in [-0.4, -0.2) is 17.0 Å². The molecule has 2 rings (SSSR count). The molecule has 0 fully saturated rings. The van der Waals surface area contributed by atoms with Crippen molar-refractivity contribution in [3.05, 3.63) is 23.8 Å². The van der Waals surface area contributed by atoms with E-state index in [1.807, 2.05) is 12.1 Å². The molecule has 1 aromatic carbocycles. The first kappa shape index (κ1) is 11.7. The molecule has 1 aliphatic rings. The number of hydrogen-bond donors (Lipinski definition) is 2. The SMILES string of the molecule is CC(=O)Nc1ccc2c(c1)CCNN2CI. The van der Waals surface area contributed by atoms with Gasteiger partial charge in [-0.1, -0.05) is 22.6 Å². The number of hydrogen-bond acceptors (Lipinski definition) is 3. The molecule has 1 aliphatic heterocycles. The fraction of sp³-hybridized carbons (Fsp3) is 0.364. The second kappa shape index (κ2) is 5.01. The Kier molecular flexibility index (Phi) is 3.65. The Balaban J connectivity index is 2.28. The Bertz CT molecular complexity index is 408. The first-order valence-corrected chi connectivity index (χ1v) is 6.71. The van der Waals surface area contributed by atoms with Crippen LogP contribution in [0.15, 0.2) is 18.2 Å². The fourth-order valence-corrected chi connectivity index (χ4v) is 2.46. The third-order valence-corrected chi connectivity index (χ3v) is 3.19. The summed E-state index contributed by atoms with van der Waals surface area (Å²) in [4.78, 5) is 11.0. The average molecular weight is 331 g/mol. The minimum absolute atomic E-state index is 0.0281. The minimum atomic E-state index is -0.0281. The van der Waals surface area contributed by atoms with Crippen LogP contribution in [-0.2, 0) is 11.2 Å². The van der Waals surface area contributed by atoms with E-state index >= 15 is 0 Å². The van der Waals surface area contributed by atoms with Gasteiger partial charge in [-0.15, -0.1) is 0 Å². The maximum atomic E-state index is 11.0. The highest BCUT2D eigenvalue weighted by Gasteiger charge is 2.15. The van der Waals surface area contributed by atoms with E-state index in [9.17, 15) is 4.79 Å². The van der Waals surface area contributed by atoms with E-state index < -0.39 is 0 Å². The van der Waals surface area contributed by atoms with Gasteiger partial charge in [0.05, 0.1) is 10.2 Å². The summed E-state index contributed by atoms with van der Waals surface area (Å²) in [7, 11) is 0. The van der Waals surface area contributed by atoms with Crippen LogP contribution >= 0.6 is 22.6 Å². The first-order valence-electron chi connectivity index (χ1n) is 5.18. The van der Waals surface area contributed by atoms with Crippen molar-refractivity contribution >= 4 is 39.9 Å². The Morgan fingerprint density at radius 1 is 1.62 bits per heavy atom. The number of benzene rings is 1. The van der Waals surface area contributed by atoms with Crippen LogP contribution in [0.2, 0.25) is 0 Å². The molecule has 86 valence electrons. The standard InChI is InChI=1S/C11H14IN3O/c1-8(16)14-10-2-3-11-9(6-10)4-5-13-15(11)7-12/h2-3,6,13H,4-5,7H2,1H3,(H,14,16). The van der Waals surface area contributed by atoms with Crippen molar-refractivity contribution in [2.24, 2.45) is 0 Å². The molecule has 4 nitrogen and oxygen atoms in total. The van der Waals surface area contributed by atoms with Gasteiger partial charge in [0.1, 0.15) is 0 Å². The zero-order valence-electron chi connectivity index (χ0n) is 9.09. The Morgan fingerprint density at radius 3 is 3.12 bits per heavy atom. The number of nitrogens with zero attached hydrogens (tertiary/aromatic N) is 1. The third kappa shape index (κ3) is 2.46. The summed E-state index contributed by atoms with van der Waals surface area (Å²) in [6, 6.07) is 6.04. The van der Waals surface area contributed by atoms with E-state index in [4.69, 9.17) is 0 Å². The monoisotopic (exact) mass is 331 g/mol. The second-order valence-electron chi connectivity index (χ2n) is 3.73. The predicted octanol–water partition coefficient (Wildman–Crippen LogP) is 1.90. The highest BCUT2D eigenvalue weighted by atomic mass is 127. The van der Waals surface area contributed by atoms with Crippen molar-refractivity contribution in [3.63, 3.8) is 0 Å². The van der Waals surface area contributed by atoms with Crippen LogP contribution in [0.1, 0.15) is 12.5 Å². The van der Waals surface area contributed by atoms with Crippen LogP contribution in [0.4, 0.5) is 11.4 Å². The van der Waals surface area contributed by atoms with Crippen molar-refractivity contribution in [2.75, 3.05) is 21.4 Å². The highest BCUT2D eigenvalue weighted by molar-refractivity contribution is 14.1. The van der Waals surface area contributed by atoms with Gasteiger partial charge in [-0.3, -0.25) is 9.80 Å². The van der Waals surface area contributed by atoms with Crippen molar-refractivity contribution in [3.8, 4) is 0 Å². The fourth-order valence-electron chi connectivity index (χ4n) is 1.85. The van der Waals surface area contributed by atoms with Gasteiger partial charge >= 0.3 is 0 Å². The molecule has 1 aromatic rings. The number of hydrazine groups is 1. The van der Waals surface area contributed by atoms with Gasteiger partial charge in [0.15, 0.2) is 0 Å². The van der Waals surface area contributed by atoms with E-state index in [1.54, 1.807) is 0 Å². The number of nitrogens with one attached hydrogen (secondary N) is 2. The highest BCUT2D eigenvalue weighted by Crippen LogP contribution is 2.26. The molecule has 0 radical (unpaired) electrons. The molecular weight excluding hydrogens is 317 g/mol. The Hall–Kier alpha value is -0.820. The predicted molar refractivity (Wildman–Crippen MR) is 73.8 cm³/mol. The molecule has 0 saturated carbocycles. The summed E-state index contributed by atoms with van der Waals surface area (Å²) in [5, 5.41) is 4.93. The summed E-state index contributed by atoms with van der Waals surface area (Å²) in [5.74, 6) is -0.0281. The molecule has 1 amide bonds. The van der Waals surface area contributed by atoms with Crippen LogP contribution in [0, 0.1) is 0 Å². The summed E-state index contributed by atoms with van der Waals surface area (Å²) >= 11 is 2.33. The molecule has 0 aromatic heterocycles. The number of halogens is 1. The summed E-state index contributed by atoms with van der Waals surface area (Å²) < 4.78 is 0.907. The molecule has 0 atom stereocenters. The number of rotatable bonds is 2. The molecule has 5 heteroatoms. The van der Waals surface area contributed by atoms with Crippen molar-refractivity contribution in [1.29, 1.82) is 0 Å². The maximum Gasteiger partial charge on any atom is 0.221 e. The van der Waals surface area contributed by atoms with Gasteiger partial charge < -0.3 is 5.32 Å². The molecule has 2 N–H and O–H groups in total. The quantitative estimate of drug-likeness (QED) is 0.494. The van der Waals surface area contributed by atoms with Gasteiger partial charge in [0, 0.05) is 19.2 Å². The number of amides is 1. The maximum absolute atomic E-state index is 11.0. The lowest BCUT2D eigenvalue weighted by Gasteiger charge is -2.30. The largest absolute Gasteiger partial charge is 0.326 e. The summed E-state index contributed by atoms with van der Waals surface area (Å²) in [6.45, 7) is 2.47. The zero-order valence-corrected chi connectivity index (χ0v) is 11.2. The number of carbonyl (C=O) groups is 1. The Labute approximate surface area is 109 Å². The van der Waals surface area contributed by atoms with Crippen molar-refractivity contribution in [1.82, 2.24) is 5.43 Å². The lowest BCUT2D eigenvalue weighted by atomic mass is 10.1. The van der Waals surface area contributed by atoms with Crippen molar-refractivity contribution < 1.29 is 4.79 Å². The van der Waals surface area contributed by atoms with Crippen LogP contribution in [0.3, 0.4) is 0 Å². The number of anilines is 2. The second-order valence-corrected chi connectivity index (χ2v) is 4.41. The summed E-state index contributed by atoms with van der Waals surface area (Å²) in [5.41, 5.74) is 6.68. The van der Waals surface area contributed by atoms with Crippen LogP contribution < -0.4 is 15.8 Å². The third-order valence-electron chi connectivity index (χ3n) is 2.51. The van der Waals surface area contributed by atoms with Crippen LogP contribution in [0.25, 0.3) is 0 Å². The van der Waals surface area contributed by atoms with E-state index in [-0.39, 0.29) is 5.91 Å². The first-order chi connectivity index (χ1) is 7.70. The van der Waals surface area contributed by atoms with Gasteiger partial charge in [0.2, 0.25) is 5.91 Å². The van der Waals surface area contributed by atoms with E-state index in [0.717, 1.165) is 23.2 Å². The van der Waals surface area contributed by atoms with Gasteiger partial charge in [-0.05, 0) is 30.2 Å². The molecule has 0 unspecified atom stereocenters. The lowest BCUT2D eigenvalue weighted by Crippen LogP contribution is -2.42. The van der Waals surface area contributed by atoms with Gasteiger partial charge in [0.25, 0.3) is 0 Å². The minimum Gasteiger partial charge on any atom is -0.326 e. The number of fused-ring (bicyclic) bond motifs is 1. The number of carbonyl (C=O) groups excluding carboxylic acids is 1. The van der Waals surface area contributed by atoms with Crippen molar-refractivity contribution in [2.45, 2.75) is 13.3 Å². The molecule has 0 bridgehead atoms. The van der Waals surface area contributed by atoms with Gasteiger partial charge in [-0.25, -0.2) is 5.43 Å². The molecule has 0 spiro atoms. The number of alkyl halides is 1. The molecule has 0 saturated heterocycles. The van der Waals surface area contributed by atoms with Crippen LogP contribution in [0.5, 0.6) is 0 Å². The smallest absolute Gasteiger partial charge is 0.221 e. The van der Waals surface area contributed by atoms with E-state index in [2.05, 4.69) is 44.4 Å². The molecule has 1 heterocycles. The van der Waals surface area contributed by atoms with E-state index in [1.165, 1.54) is 18.2 Å². The van der Waals surface area contributed by atoms with Gasteiger partial charge in [-0.2, -0.15) is 0 Å². The summed E-state index contributed by atoms with van der Waals surface area (Å²) in [6.07, 6.45) is 0.996.